The van der Waals surface area contributed by atoms with Gasteiger partial charge in [-0.2, -0.15) is 10.5 Å². The van der Waals surface area contributed by atoms with E-state index >= 15 is 0 Å². The Morgan fingerprint density at radius 3 is 1.50 bits per heavy atom. The maximum absolute atomic E-state index is 8.22. The summed E-state index contributed by atoms with van der Waals surface area (Å²) < 4.78 is 0. The van der Waals surface area contributed by atoms with Crippen molar-refractivity contribution in [3.05, 3.63) is 24.3 Å². The Labute approximate surface area is 60.7 Å². The maximum Gasteiger partial charge on any atom is 0.0669 e. The van der Waals surface area contributed by atoms with Gasteiger partial charge in [-0.15, -0.1) is 0 Å². The zero-order valence-electron chi connectivity index (χ0n) is 5.72. The number of nitriles is 2. The molecule has 0 bridgehead atoms. The second-order valence-electron chi connectivity index (χ2n) is 1.88. The molecule has 0 aliphatic carbocycles. The molecule has 0 saturated carbocycles. The maximum atomic E-state index is 8.22. The van der Waals surface area contributed by atoms with Crippen LogP contribution in [0.1, 0.15) is 12.8 Å². The molecule has 0 aliphatic heterocycles. The highest BCUT2D eigenvalue weighted by atomic mass is 14.2. The van der Waals surface area contributed by atoms with Gasteiger partial charge in [0.1, 0.15) is 0 Å². The Balaban J connectivity index is 3.89. The van der Waals surface area contributed by atoms with E-state index in [1.54, 1.807) is 0 Å². The smallest absolute Gasteiger partial charge is 0.0669 e. The summed E-state index contributed by atoms with van der Waals surface area (Å²) in [4.78, 5) is 0. The van der Waals surface area contributed by atoms with Gasteiger partial charge in [-0.3, -0.25) is 0 Å². The van der Waals surface area contributed by atoms with Gasteiger partial charge in [0.2, 0.25) is 0 Å². The lowest BCUT2D eigenvalue weighted by Crippen LogP contribution is -1.83. The molecule has 0 aromatic heterocycles. The highest BCUT2D eigenvalue weighted by molar-refractivity contribution is 5.29. The molecule has 0 saturated heterocycles. The molecular weight excluding hydrogens is 124 g/mol. The van der Waals surface area contributed by atoms with E-state index in [9.17, 15) is 0 Å². The van der Waals surface area contributed by atoms with Crippen molar-refractivity contribution in [1.29, 1.82) is 10.5 Å². The van der Waals surface area contributed by atoms with Crippen molar-refractivity contribution >= 4 is 0 Å². The number of rotatable bonds is 3. The standard InChI is InChI=1S/C8H8N2/c1-7(3-5-9)8(2)4-6-10/h1-4H2. The fraction of sp³-hybridized carbons (Fsp3) is 0.250. The van der Waals surface area contributed by atoms with Gasteiger partial charge in [-0.05, 0) is 11.1 Å². The van der Waals surface area contributed by atoms with E-state index in [1.807, 2.05) is 12.1 Å². The SMILES string of the molecule is C=C(CC#N)C(=C)CC#N. The minimum Gasteiger partial charge on any atom is -0.198 e. The molecule has 2 nitrogen and oxygen atoms in total. The number of allylic oxidation sites excluding steroid dienone is 2. The molecule has 0 aromatic carbocycles. The Kier molecular flexibility index (Phi) is 3.68. The molecule has 2 heteroatoms. The lowest BCUT2D eigenvalue weighted by atomic mass is 10.1. The first-order valence-corrected chi connectivity index (χ1v) is 2.82. The van der Waals surface area contributed by atoms with Gasteiger partial charge < -0.3 is 0 Å². The summed E-state index contributed by atoms with van der Waals surface area (Å²) in [7, 11) is 0. The van der Waals surface area contributed by atoms with Crippen molar-refractivity contribution < 1.29 is 0 Å². The average molecular weight is 132 g/mol. The van der Waals surface area contributed by atoms with Crippen LogP contribution in [0.2, 0.25) is 0 Å². The first-order chi connectivity index (χ1) is 4.72. The predicted octanol–water partition coefficient (Wildman–Crippen LogP) is 1.93. The topological polar surface area (TPSA) is 47.6 Å². The van der Waals surface area contributed by atoms with E-state index in [0.29, 0.717) is 11.1 Å². The summed E-state index contributed by atoms with van der Waals surface area (Å²) in [6.07, 6.45) is 0.529. The van der Waals surface area contributed by atoms with Gasteiger partial charge >= 0.3 is 0 Å². The minimum atomic E-state index is 0.264. The van der Waals surface area contributed by atoms with Crippen LogP contribution in [0.3, 0.4) is 0 Å². The Hall–Kier alpha value is -1.54. The summed E-state index contributed by atoms with van der Waals surface area (Å²) in [5.41, 5.74) is 1.31. The third kappa shape index (κ3) is 2.69. The number of hydrogen-bond donors (Lipinski definition) is 0. The predicted molar refractivity (Wildman–Crippen MR) is 38.7 cm³/mol. The van der Waals surface area contributed by atoms with E-state index in [2.05, 4.69) is 13.2 Å². The summed E-state index contributed by atoms with van der Waals surface area (Å²) in [6, 6.07) is 3.87. The van der Waals surface area contributed by atoms with Crippen LogP contribution in [0, 0.1) is 22.7 Å². The molecule has 0 aliphatic rings. The molecule has 0 N–H and O–H groups in total. The van der Waals surface area contributed by atoms with Crippen LogP contribution in [-0.2, 0) is 0 Å². The third-order valence-corrected chi connectivity index (χ3v) is 1.08. The van der Waals surface area contributed by atoms with Gasteiger partial charge in [0.05, 0.1) is 25.0 Å². The van der Waals surface area contributed by atoms with E-state index < -0.39 is 0 Å². The van der Waals surface area contributed by atoms with E-state index in [4.69, 9.17) is 10.5 Å². The third-order valence-electron chi connectivity index (χ3n) is 1.08. The first kappa shape index (κ1) is 8.46. The van der Waals surface area contributed by atoms with E-state index in [-0.39, 0.29) is 12.8 Å². The monoisotopic (exact) mass is 132 g/mol. The lowest BCUT2D eigenvalue weighted by molar-refractivity contribution is 1.16. The van der Waals surface area contributed by atoms with Crippen molar-refractivity contribution in [1.82, 2.24) is 0 Å². The molecule has 50 valence electrons. The van der Waals surface area contributed by atoms with E-state index in [0.717, 1.165) is 0 Å². The van der Waals surface area contributed by atoms with Gasteiger partial charge in [0.25, 0.3) is 0 Å². The van der Waals surface area contributed by atoms with Crippen molar-refractivity contribution in [2.45, 2.75) is 12.8 Å². The molecule has 0 atom stereocenters. The number of hydrogen-bond acceptors (Lipinski definition) is 2. The normalized spacial score (nSPS) is 7.40. The molecule has 0 heterocycles. The van der Waals surface area contributed by atoms with Crippen LogP contribution < -0.4 is 0 Å². The van der Waals surface area contributed by atoms with E-state index in [1.165, 1.54) is 0 Å². The fourth-order valence-electron chi connectivity index (χ4n) is 0.441. The van der Waals surface area contributed by atoms with Gasteiger partial charge in [0, 0.05) is 0 Å². The molecule has 0 unspecified atom stereocenters. The highest BCUT2D eigenvalue weighted by Gasteiger charge is 1.96. The quantitative estimate of drug-likeness (QED) is 0.551. The molecule has 0 aromatic rings. The molecule has 0 amide bonds. The zero-order chi connectivity index (χ0) is 7.98. The van der Waals surface area contributed by atoms with Crippen LogP contribution in [0.25, 0.3) is 0 Å². The molecular formula is C8H8N2. The van der Waals surface area contributed by atoms with Crippen molar-refractivity contribution in [2.75, 3.05) is 0 Å². The summed E-state index contributed by atoms with van der Waals surface area (Å²) in [5, 5.41) is 16.4. The van der Waals surface area contributed by atoms with Crippen LogP contribution in [0.15, 0.2) is 24.3 Å². The van der Waals surface area contributed by atoms with Gasteiger partial charge in [-0.1, -0.05) is 13.2 Å². The Morgan fingerprint density at radius 2 is 1.30 bits per heavy atom. The van der Waals surface area contributed by atoms with Gasteiger partial charge in [-0.25, -0.2) is 0 Å². The summed E-state index contributed by atoms with van der Waals surface area (Å²) in [5.74, 6) is 0. The summed E-state index contributed by atoms with van der Waals surface area (Å²) >= 11 is 0. The molecule has 10 heavy (non-hydrogen) atoms. The Bertz CT molecular complexity index is 199. The fourth-order valence-corrected chi connectivity index (χ4v) is 0.441. The van der Waals surface area contributed by atoms with Crippen LogP contribution >= 0.6 is 0 Å². The van der Waals surface area contributed by atoms with Crippen molar-refractivity contribution in [3.8, 4) is 12.1 Å². The second kappa shape index (κ2) is 4.35. The minimum absolute atomic E-state index is 0.264. The van der Waals surface area contributed by atoms with Crippen LogP contribution in [0.5, 0.6) is 0 Å². The lowest BCUT2D eigenvalue weighted by Gasteiger charge is -1.97. The molecule has 0 rings (SSSR count). The summed E-state index contributed by atoms with van der Waals surface area (Å²) in [6.45, 7) is 7.18. The Morgan fingerprint density at radius 1 is 1.00 bits per heavy atom. The van der Waals surface area contributed by atoms with Crippen LogP contribution in [-0.4, -0.2) is 0 Å². The second-order valence-corrected chi connectivity index (χ2v) is 1.88. The van der Waals surface area contributed by atoms with Gasteiger partial charge in [0.15, 0.2) is 0 Å². The largest absolute Gasteiger partial charge is 0.198 e. The van der Waals surface area contributed by atoms with Crippen molar-refractivity contribution in [3.63, 3.8) is 0 Å². The number of nitrogens with zero attached hydrogens (tertiary/aromatic N) is 2. The highest BCUT2D eigenvalue weighted by Crippen LogP contribution is 2.11. The molecule has 0 fully saturated rings. The van der Waals surface area contributed by atoms with Crippen LogP contribution in [0.4, 0.5) is 0 Å². The first-order valence-electron chi connectivity index (χ1n) is 2.82. The molecule has 0 spiro atoms. The average Bonchev–Trinajstić information content (AvgIpc) is 1.89. The van der Waals surface area contributed by atoms with Crippen molar-refractivity contribution in [2.24, 2.45) is 0 Å². The molecule has 0 radical (unpaired) electrons. The zero-order valence-corrected chi connectivity index (χ0v) is 5.72.